The van der Waals surface area contributed by atoms with Crippen molar-refractivity contribution in [3.8, 4) is 16.9 Å². The van der Waals surface area contributed by atoms with Crippen LogP contribution in [0.5, 0.6) is 5.75 Å². The number of hydrogen-bond acceptors (Lipinski definition) is 5. The van der Waals surface area contributed by atoms with Crippen molar-refractivity contribution in [1.82, 2.24) is 0 Å². The summed E-state index contributed by atoms with van der Waals surface area (Å²) in [5.41, 5.74) is 6.21. The summed E-state index contributed by atoms with van der Waals surface area (Å²) in [5.74, 6) is 0.862. The number of benzene rings is 5. The highest BCUT2D eigenvalue weighted by Gasteiger charge is 2.40. The minimum atomic E-state index is -0.622. The van der Waals surface area contributed by atoms with Crippen molar-refractivity contribution in [2.45, 2.75) is 32.9 Å². The first kappa shape index (κ1) is 27.5. The van der Waals surface area contributed by atoms with Crippen LogP contribution in [0.15, 0.2) is 114 Å². The van der Waals surface area contributed by atoms with Crippen molar-refractivity contribution in [1.29, 1.82) is 0 Å². The molecule has 1 atom stereocenters. The van der Waals surface area contributed by atoms with Gasteiger partial charge in [0.25, 0.3) is 0 Å². The zero-order chi connectivity index (χ0) is 28.8. The lowest BCUT2D eigenvalue weighted by Crippen LogP contribution is -2.45. The van der Waals surface area contributed by atoms with E-state index in [2.05, 4.69) is 41.7 Å². The zero-order valence-corrected chi connectivity index (χ0v) is 23.4. The average molecular weight is 541 g/mol. The number of fused-ring (bicyclic) bond motifs is 4. The molecule has 2 heterocycles. The van der Waals surface area contributed by atoms with E-state index in [-0.39, 0.29) is 5.78 Å². The van der Waals surface area contributed by atoms with E-state index in [0.29, 0.717) is 0 Å². The van der Waals surface area contributed by atoms with Crippen LogP contribution in [0, 0.1) is 0 Å². The number of ether oxygens (including phenoxy) is 1. The SMILES string of the molecule is CC.CC(=O)c1ccc(-c2ccc3c4c(ccc3c2)OC2(C=N4)Cc3ccccc3N2)cc1.O=Cc1ccccc1. The third kappa shape index (κ3) is 5.80. The molecule has 0 saturated carbocycles. The van der Waals surface area contributed by atoms with Crippen LogP contribution in [0.2, 0.25) is 0 Å². The van der Waals surface area contributed by atoms with E-state index in [1.54, 1.807) is 19.1 Å². The molecular weight excluding hydrogens is 508 g/mol. The Hall–Kier alpha value is -5.03. The van der Waals surface area contributed by atoms with Gasteiger partial charge in [-0.3, -0.25) is 14.6 Å². The van der Waals surface area contributed by atoms with E-state index in [9.17, 15) is 9.59 Å². The number of hydrogen-bond donors (Lipinski definition) is 1. The van der Waals surface area contributed by atoms with E-state index in [1.807, 2.05) is 80.7 Å². The molecule has 1 N–H and O–H groups in total. The number of nitrogens with one attached hydrogen (secondary N) is 1. The molecule has 5 aromatic rings. The van der Waals surface area contributed by atoms with E-state index in [4.69, 9.17) is 9.73 Å². The van der Waals surface area contributed by atoms with Crippen LogP contribution >= 0.6 is 0 Å². The summed E-state index contributed by atoms with van der Waals surface area (Å²) in [4.78, 5) is 26.4. The molecule has 2 aliphatic rings. The first-order valence-corrected chi connectivity index (χ1v) is 13.8. The molecule has 5 heteroatoms. The van der Waals surface area contributed by atoms with Gasteiger partial charge in [0.1, 0.15) is 17.7 Å². The first-order valence-electron chi connectivity index (χ1n) is 13.8. The molecule has 0 aromatic heterocycles. The number of ketones is 1. The number of anilines is 1. The zero-order valence-electron chi connectivity index (χ0n) is 23.4. The van der Waals surface area contributed by atoms with Crippen LogP contribution in [-0.4, -0.2) is 24.0 Å². The van der Waals surface area contributed by atoms with Crippen molar-refractivity contribution in [2.24, 2.45) is 4.99 Å². The molecule has 7 rings (SSSR count). The molecule has 0 fully saturated rings. The van der Waals surface area contributed by atoms with E-state index >= 15 is 0 Å². The van der Waals surface area contributed by atoms with Gasteiger partial charge in [-0.25, -0.2) is 0 Å². The van der Waals surface area contributed by atoms with Gasteiger partial charge in [-0.1, -0.05) is 105 Å². The summed E-state index contributed by atoms with van der Waals surface area (Å²) in [7, 11) is 0. The molecule has 2 aliphatic heterocycles. The fourth-order valence-electron chi connectivity index (χ4n) is 5.00. The summed E-state index contributed by atoms with van der Waals surface area (Å²) in [5, 5.41) is 5.65. The Morgan fingerprint density at radius 1 is 0.854 bits per heavy atom. The van der Waals surface area contributed by atoms with Gasteiger partial charge in [-0.2, -0.15) is 0 Å². The topological polar surface area (TPSA) is 67.8 Å². The lowest BCUT2D eigenvalue weighted by Gasteiger charge is -2.31. The van der Waals surface area contributed by atoms with Crippen LogP contribution in [0.25, 0.3) is 21.9 Å². The predicted octanol–water partition coefficient (Wildman–Crippen LogP) is 8.69. The molecule has 1 spiro atoms. The number of aliphatic imine (C=N–C) groups is 1. The fourth-order valence-corrected chi connectivity index (χ4v) is 5.00. The lowest BCUT2D eigenvalue weighted by molar-refractivity contribution is 0.101. The maximum Gasteiger partial charge on any atom is 0.221 e. The van der Waals surface area contributed by atoms with Crippen molar-refractivity contribution < 1.29 is 14.3 Å². The Bertz CT molecular complexity index is 1700. The van der Waals surface area contributed by atoms with E-state index in [0.717, 1.165) is 62.9 Å². The number of para-hydroxylation sites is 1. The molecule has 0 saturated heterocycles. The largest absolute Gasteiger partial charge is 0.460 e. The smallest absolute Gasteiger partial charge is 0.221 e. The van der Waals surface area contributed by atoms with Crippen LogP contribution in [0.3, 0.4) is 0 Å². The minimum absolute atomic E-state index is 0.0761. The van der Waals surface area contributed by atoms with Gasteiger partial charge in [0.2, 0.25) is 5.72 Å². The lowest BCUT2D eigenvalue weighted by atomic mass is 9.98. The predicted molar refractivity (Wildman–Crippen MR) is 168 cm³/mol. The molecule has 1 unspecified atom stereocenters. The summed E-state index contributed by atoms with van der Waals surface area (Å²) in [6.07, 6.45) is 3.47. The Morgan fingerprint density at radius 2 is 1.56 bits per heavy atom. The molecule has 5 nitrogen and oxygen atoms in total. The van der Waals surface area contributed by atoms with Gasteiger partial charge in [-0.05, 0) is 47.2 Å². The quantitative estimate of drug-likeness (QED) is 0.184. The van der Waals surface area contributed by atoms with Crippen molar-refractivity contribution in [3.05, 3.63) is 126 Å². The molecule has 0 amide bonds. The second-order valence-electron chi connectivity index (χ2n) is 9.72. The monoisotopic (exact) mass is 540 g/mol. The van der Waals surface area contributed by atoms with Crippen molar-refractivity contribution >= 4 is 40.4 Å². The van der Waals surface area contributed by atoms with Crippen LogP contribution in [0.4, 0.5) is 11.4 Å². The van der Waals surface area contributed by atoms with Gasteiger partial charge in [0.15, 0.2) is 5.78 Å². The summed E-state index contributed by atoms with van der Waals surface area (Å²) >= 11 is 0. The second-order valence-corrected chi connectivity index (χ2v) is 9.72. The van der Waals surface area contributed by atoms with Gasteiger partial charge < -0.3 is 10.1 Å². The average Bonchev–Trinajstić information content (AvgIpc) is 3.39. The first-order chi connectivity index (χ1) is 20.0. The van der Waals surface area contributed by atoms with Crippen molar-refractivity contribution in [3.63, 3.8) is 0 Å². The number of rotatable bonds is 3. The van der Waals surface area contributed by atoms with E-state index < -0.39 is 5.72 Å². The standard InChI is InChI=1S/C27H20N2O2.C7H6O.C2H6/c1-17(30)18-6-8-19(9-7-18)20-10-12-23-21(14-20)11-13-25-26(23)28-16-27(31-25)15-22-4-2-3-5-24(22)29-27;8-6-7-4-2-1-3-5-7;1-2/h2-14,16,29H,15H2,1H3;1-6H;1-2H3. The third-order valence-corrected chi connectivity index (χ3v) is 7.03. The number of carbonyl (C=O) groups excluding carboxylic acids is 2. The fraction of sp³-hybridized carbons (Fsp3) is 0.139. The summed E-state index contributed by atoms with van der Waals surface area (Å²) in [6.45, 7) is 5.58. The number of aldehydes is 1. The van der Waals surface area contributed by atoms with Gasteiger partial charge >= 0.3 is 0 Å². The van der Waals surface area contributed by atoms with Crippen LogP contribution in [-0.2, 0) is 6.42 Å². The summed E-state index contributed by atoms with van der Waals surface area (Å²) < 4.78 is 6.43. The normalized spacial score (nSPS) is 15.7. The summed E-state index contributed by atoms with van der Waals surface area (Å²) in [6, 6.07) is 35.5. The van der Waals surface area contributed by atoms with Crippen molar-refractivity contribution in [2.75, 3.05) is 5.32 Å². The third-order valence-electron chi connectivity index (χ3n) is 7.03. The Balaban J connectivity index is 0.000000290. The number of carbonyl (C=O) groups is 2. The van der Waals surface area contributed by atoms with Gasteiger partial charge in [0.05, 0.1) is 6.21 Å². The van der Waals surface area contributed by atoms with Gasteiger partial charge in [-0.15, -0.1) is 0 Å². The second kappa shape index (κ2) is 12.0. The highest BCUT2D eigenvalue weighted by Crippen LogP contribution is 2.44. The Morgan fingerprint density at radius 3 is 2.24 bits per heavy atom. The van der Waals surface area contributed by atoms with Crippen LogP contribution < -0.4 is 10.1 Å². The van der Waals surface area contributed by atoms with E-state index in [1.165, 1.54) is 5.56 Å². The number of Topliss-reactive ketones (excluding diaryl/α,β-unsaturated/α-hetero) is 1. The maximum absolute atomic E-state index is 11.5. The highest BCUT2D eigenvalue weighted by atomic mass is 16.5. The Labute approximate surface area is 240 Å². The molecule has 0 aliphatic carbocycles. The molecule has 5 aromatic carbocycles. The van der Waals surface area contributed by atoms with Gasteiger partial charge in [0, 0.05) is 28.6 Å². The molecule has 0 radical (unpaired) electrons. The number of nitrogens with zero attached hydrogens (tertiary/aromatic N) is 1. The highest BCUT2D eigenvalue weighted by molar-refractivity contribution is 6.01. The molecule has 0 bridgehead atoms. The van der Waals surface area contributed by atoms with Crippen LogP contribution in [0.1, 0.15) is 47.1 Å². The molecule has 41 heavy (non-hydrogen) atoms. The Kier molecular flexibility index (Phi) is 8.06. The maximum atomic E-state index is 11.5. The molecular formula is C36H32N2O3. The molecule has 204 valence electrons. The minimum Gasteiger partial charge on any atom is -0.460 e.